The molecule has 0 heterocycles. The Balaban J connectivity index is 4.00. The van der Waals surface area contributed by atoms with Crippen LogP contribution in [-0.4, -0.2) is 23.8 Å². The van der Waals surface area contributed by atoms with Crippen LogP contribution in [0.25, 0.3) is 0 Å². The van der Waals surface area contributed by atoms with Crippen LogP contribution in [0.3, 0.4) is 0 Å². The molecule has 0 aromatic heterocycles. The second kappa shape index (κ2) is 33.3. The minimum absolute atomic E-state index is 0.0396. The van der Waals surface area contributed by atoms with E-state index >= 15 is 0 Å². The summed E-state index contributed by atoms with van der Waals surface area (Å²) in [6.45, 7) is 13.4. The molecule has 0 amide bonds. The molecule has 1 unspecified atom stereocenters. The van der Waals surface area contributed by atoms with Gasteiger partial charge < -0.3 is 9.47 Å². The third-order valence-corrected chi connectivity index (χ3v) is 9.36. The molecule has 0 fully saturated rings. The maximum Gasteiger partial charge on any atom is 0.306 e. The number of hydrogen-bond acceptors (Lipinski definition) is 3. The zero-order valence-electron chi connectivity index (χ0n) is 32.0. The molecule has 0 N–H and O–H groups in total. The summed E-state index contributed by atoms with van der Waals surface area (Å²) in [6, 6.07) is 0. The number of carbonyl (C=O) groups is 1. The number of rotatable bonds is 35. The maximum absolute atomic E-state index is 12.6. The zero-order chi connectivity index (χ0) is 33.3. The van der Waals surface area contributed by atoms with Gasteiger partial charge in [-0.3, -0.25) is 4.79 Å². The lowest BCUT2D eigenvalue weighted by atomic mass is 10.0. The number of carbonyl (C=O) groups excluding carboxylic acids is 1. The first-order valence-corrected chi connectivity index (χ1v) is 20.7. The average Bonchev–Trinajstić information content (AvgIpc) is 3.00. The molecular weight excluding hydrogens is 552 g/mol. The highest BCUT2D eigenvalue weighted by Gasteiger charge is 2.18. The van der Waals surface area contributed by atoms with E-state index in [4.69, 9.17) is 9.47 Å². The Bertz CT molecular complexity index is 583. The van der Waals surface area contributed by atoms with Gasteiger partial charge in [-0.15, -0.1) is 0 Å². The van der Waals surface area contributed by atoms with Gasteiger partial charge in [0.25, 0.3) is 0 Å². The second-order valence-electron chi connectivity index (χ2n) is 15.4. The largest absolute Gasteiger partial charge is 0.462 e. The molecule has 0 aromatic rings. The van der Waals surface area contributed by atoms with E-state index in [1.165, 1.54) is 173 Å². The van der Waals surface area contributed by atoms with Crippen LogP contribution in [0.1, 0.15) is 247 Å². The van der Waals surface area contributed by atoms with Gasteiger partial charge in [-0.2, -0.15) is 0 Å². The Morgan fingerprint density at radius 3 is 1.07 bits per heavy atom. The van der Waals surface area contributed by atoms with Gasteiger partial charge in [0.05, 0.1) is 11.7 Å². The first-order chi connectivity index (χ1) is 21.8. The van der Waals surface area contributed by atoms with E-state index in [0.717, 1.165) is 25.7 Å². The molecule has 0 aliphatic heterocycles. The van der Waals surface area contributed by atoms with Crippen LogP contribution in [0.5, 0.6) is 0 Å². The molecule has 0 aliphatic rings. The van der Waals surface area contributed by atoms with Gasteiger partial charge in [0, 0.05) is 6.42 Å². The summed E-state index contributed by atoms with van der Waals surface area (Å²) in [7, 11) is 0. The Morgan fingerprint density at radius 2 is 0.711 bits per heavy atom. The van der Waals surface area contributed by atoms with Gasteiger partial charge >= 0.3 is 5.97 Å². The van der Waals surface area contributed by atoms with Gasteiger partial charge in [-0.05, 0) is 65.7 Å². The highest BCUT2D eigenvalue weighted by Crippen LogP contribution is 2.22. The minimum Gasteiger partial charge on any atom is -0.462 e. The lowest BCUT2D eigenvalue weighted by molar-refractivity contribution is -0.150. The fraction of sp³-hybridized carbons (Fsp3) is 0.976. The van der Waals surface area contributed by atoms with E-state index in [1.54, 1.807) is 0 Å². The molecule has 45 heavy (non-hydrogen) atoms. The summed E-state index contributed by atoms with van der Waals surface area (Å²) >= 11 is 0. The normalized spacial score (nSPS) is 12.7. The Morgan fingerprint density at radius 1 is 0.422 bits per heavy atom. The number of esters is 1. The monoisotopic (exact) mass is 637 g/mol. The summed E-state index contributed by atoms with van der Waals surface area (Å²) in [6.07, 6.45) is 41.2. The molecule has 0 rings (SSSR count). The molecule has 0 aliphatic carbocycles. The number of ether oxygens (including phenoxy) is 2. The Hall–Kier alpha value is -0.570. The lowest BCUT2D eigenvalue weighted by Gasteiger charge is -2.28. The molecule has 0 spiro atoms. The molecule has 270 valence electrons. The van der Waals surface area contributed by atoms with Crippen molar-refractivity contribution in [3.05, 3.63) is 0 Å². The molecule has 0 aromatic carbocycles. The summed E-state index contributed by atoms with van der Waals surface area (Å²) < 4.78 is 12.4. The maximum atomic E-state index is 12.6. The third kappa shape index (κ3) is 34.6. The second-order valence-corrected chi connectivity index (χ2v) is 15.4. The Labute approximate surface area is 284 Å². The molecule has 0 saturated carbocycles. The summed E-state index contributed by atoms with van der Waals surface area (Å²) in [5, 5.41) is 0. The molecule has 1 atom stereocenters. The van der Waals surface area contributed by atoms with Crippen molar-refractivity contribution < 1.29 is 14.3 Å². The van der Waals surface area contributed by atoms with E-state index in [-0.39, 0.29) is 17.7 Å². The molecule has 3 nitrogen and oxygen atoms in total. The van der Waals surface area contributed by atoms with Crippen LogP contribution in [-0.2, 0) is 14.3 Å². The number of unbranched alkanes of at least 4 members (excludes halogenated alkanes) is 23. The number of hydrogen-bond donors (Lipinski definition) is 0. The van der Waals surface area contributed by atoms with Crippen LogP contribution in [0.4, 0.5) is 0 Å². The summed E-state index contributed by atoms with van der Waals surface area (Å²) in [5.74, 6) is 0.0396. The topological polar surface area (TPSA) is 35.5 Å². The molecular formula is C42H84O3. The van der Waals surface area contributed by atoms with Crippen molar-refractivity contribution in [1.82, 2.24) is 0 Å². The van der Waals surface area contributed by atoms with E-state index in [9.17, 15) is 4.79 Å². The lowest BCUT2D eigenvalue weighted by Crippen LogP contribution is -2.27. The molecule has 0 bridgehead atoms. The van der Waals surface area contributed by atoms with E-state index < -0.39 is 0 Å². The van der Waals surface area contributed by atoms with Crippen molar-refractivity contribution in [2.45, 2.75) is 265 Å². The van der Waals surface area contributed by atoms with E-state index in [2.05, 4.69) is 41.5 Å². The predicted molar refractivity (Wildman–Crippen MR) is 199 cm³/mol. The van der Waals surface area contributed by atoms with Crippen molar-refractivity contribution in [2.24, 2.45) is 0 Å². The Kier molecular flexibility index (Phi) is 32.9. The highest BCUT2D eigenvalue weighted by molar-refractivity contribution is 5.69. The van der Waals surface area contributed by atoms with Crippen molar-refractivity contribution in [3.8, 4) is 0 Å². The van der Waals surface area contributed by atoms with Crippen LogP contribution in [0, 0.1) is 0 Å². The average molecular weight is 637 g/mol. The summed E-state index contributed by atoms with van der Waals surface area (Å²) in [4.78, 5) is 12.6. The first kappa shape index (κ1) is 44.4. The minimum atomic E-state index is -0.0646. The van der Waals surface area contributed by atoms with Gasteiger partial charge in [0.1, 0.15) is 6.10 Å². The molecule has 0 saturated heterocycles. The SMILES string of the molecule is CCCCCCCCCCCCCCCCC(CCCCCCCC(=O)OC(CCCCCC)CCCCCC)OC(C)(C)C. The van der Waals surface area contributed by atoms with Crippen LogP contribution in [0.15, 0.2) is 0 Å². The van der Waals surface area contributed by atoms with Gasteiger partial charge in [-0.1, -0.05) is 175 Å². The van der Waals surface area contributed by atoms with Crippen LogP contribution in [0.2, 0.25) is 0 Å². The van der Waals surface area contributed by atoms with Gasteiger partial charge in [-0.25, -0.2) is 0 Å². The molecule has 3 heteroatoms. The van der Waals surface area contributed by atoms with Gasteiger partial charge in [0.15, 0.2) is 0 Å². The van der Waals surface area contributed by atoms with Crippen molar-refractivity contribution in [3.63, 3.8) is 0 Å². The van der Waals surface area contributed by atoms with Crippen LogP contribution >= 0.6 is 0 Å². The first-order valence-electron chi connectivity index (χ1n) is 20.7. The van der Waals surface area contributed by atoms with E-state index in [1.807, 2.05) is 0 Å². The highest BCUT2D eigenvalue weighted by atomic mass is 16.5. The smallest absolute Gasteiger partial charge is 0.306 e. The van der Waals surface area contributed by atoms with Crippen molar-refractivity contribution >= 4 is 5.97 Å². The third-order valence-electron chi connectivity index (χ3n) is 9.36. The van der Waals surface area contributed by atoms with Crippen LogP contribution < -0.4 is 0 Å². The van der Waals surface area contributed by atoms with Crippen molar-refractivity contribution in [2.75, 3.05) is 0 Å². The van der Waals surface area contributed by atoms with Gasteiger partial charge in [0.2, 0.25) is 0 Å². The standard InChI is InChI=1S/C42H84O3/c1-7-10-13-16-17-18-19-20-21-22-23-24-26-31-36-40(45-42(4,5)6)37-32-27-25-28-33-38-41(43)44-39(34-29-14-11-8-2)35-30-15-12-9-3/h39-40H,7-38H2,1-6H3. The predicted octanol–water partition coefficient (Wildman–Crippen LogP) is 14.6. The quantitative estimate of drug-likeness (QED) is 0.0513. The molecule has 0 radical (unpaired) electrons. The fourth-order valence-corrected chi connectivity index (χ4v) is 6.60. The van der Waals surface area contributed by atoms with E-state index in [0.29, 0.717) is 12.5 Å². The fourth-order valence-electron chi connectivity index (χ4n) is 6.60. The summed E-state index contributed by atoms with van der Waals surface area (Å²) in [5.41, 5.74) is -0.0646. The van der Waals surface area contributed by atoms with Crippen molar-refractivity contribution in [1.29, 1.82) is 0 Å². The zero-order valence-corrected chi connectivity index (χ0v) is 32.0.